The Kier molecular flexibility index (Phi) is 3.62. The topological polar surface area (TPSA) is 21.3 Å². The standard InChI is InChI=1S/C11H17NO/c1-4-9-10(12-5-2)7-6-8-11(9)13-3/h5,8,12H,2,4,6-7H2,1,3H3. The van der Waals surface area contributed by atoms with E-state index in [1.54, 1.807) is 13.3 Å². The average molecular weight is 179 g/mol. The zero-order valence-electron chi connectivity index (χ0n) is 8.39. The number of methoxy groups -OCH3 is 1. The summed E-state index contributed by atoms with van der Waals surface area (Å²) in [5.41, 5.74) is 2.52. The SMILES string of the molecule is C=CNC1=C(CC)C(OC)=CCC1. The highest BCUT2D eigenvalue weighted by atomic mass is 16.5. The number of nitrogens with one attached hydrogen (secondary N) is 1. The summed E-state index contributed by atoms with van der Waals surface area (Å²) in [5, 5.41) is 3.17. The van der Waals surface area contributed by atoms with Crippen molar-refractivity contribution in [2.24, 2.45) is 0 Å². The highest BCUT2D eigenvalue weighted by Crippen LogP contribution is 2.26. The molecule has 1 aliphatic carbocycles. The van der Waals surface area contributed by atoms with Gasteiger partial charge in [0.1, 0.15) is 5.76 Å². The van der Waals surface area contributed by atoms with Gasteiger partial charge in [-0.15, -0.1) is 0 Å². The van der Waals surface area contributed by atoms with Crippen molar-refractivity contribution in [2.45, 2.75) is 26.2 Å². The number of hydrogen-bond acceptors (Lipinski definition) is 2. The van der Waals surface area contributed by atoms with Crippen LogP contribution in [-0.4, -0.2) is 7.11 Å². The molecule has 2 nitrogen and oxygen atoms in total. The molecule has 0 atom stereocenters. The van der Waals surface area contributed by atoms with Gasteiger partial charge >= 0.3 is 0 Å². The van der Waals surface area contributed by atoms with E-state index in [1.807, 2.05) is 0 Å². The van der Waals surface area contributed by atoms with Gasteiger partial charge in [0.25, 0.3) is 0 Å². The third kappa shape index (κ3) is 2.14. The van der Waals surface area contributed by atoms with Gasteiger partial charge in [-0.1, -0.05) is 13.5 Å². The molecule has 13 heavy (non-hydrogen) atoms. The molecule has 0 fully saturated rings. The first-order chi connectivity index (χ1) is 6.33. The molecule has 0 aromatic carbocycles. The second-order valence-electron chi connectivity index (χ2n) is 2.97. The van der Waals surface area contributed by atoms with Crippen LogP contribution >= 0.6 is 0 Å². The maximum Gasteiger partial charge on any atom is 0.119 e. The summed E-state index contributed by atoms with van der Waals surface area (Å²) in [6.45, 7) is 5.81. The maximum atomic E-state index is 5.30. The van der Waals surface area contributed by atoms with E-state index < -0.39 is 0 Å². The van der Waals surface area contributed by atoms with Crippen LogP contribution in [-0.2, 0) is 4.74 Å². The molecule has 0 aromatic heterocycles. The van der Waals surface area contributed by atoms with Crippen molar-refractivity contribution in [3.63, 3.8) is 0 Å². The monoisotopic (exact) mass is 179 g/mol. The summed E-state index contributed by atoms with van der Waals surface area (Å²) in [6, 6.07) is 0. The third-order valence-electron chi connectivity index (χ3n) is 2.24. The van der Waals surface area contributed by atoms with Gasteiger partial charge in [0.15, 0.2) is 0 Å². The number of allylic oxidation sites excluding steroid dienone is 3. The molecule has 0 heterocycles. The second-order valence-corrected chi connectivity index (χ2v) is 2.97. The number of hydrogen-bond donors (Lipinski definition) is 1. The molecule has 0 aromatic rings. The lowest BCUT2D eigenvalue weighted by Crippen LogP contribution is -2.12. The van der Waals surface area contributed by atoms with Gasteiger partial charge < -0.3 is 10.1 Å². The van der Waals surface area contributed by atoms with Gasteiger partial charge in [-0.25, -0.2) is 0 Å². The fourth-order valence-electron chi connectivity index (χ4n) is 1.65. The van der Waals surface area contributed by atoms with E-state index in [0.29, 0.717) is 0 Å². The zero-order valence-corrected chi connectivity index (χ0v) is 8.39. The lowest BCUT2D eigenvalue weighted by Gasteiger charge is -2.19. The highest BCUT2D eigenvalue weighted by molar-refractivity contribution is 5.34. The van der Waals surface area contributed by atoms with Gasteiger partial charge in [0.2, 0.25) is 0 Å². The van der Waals surface area contributed by atoms with Crippen molar-refractivity contribution in [1.82, 2.24) is 5.32 Å². The van der Waals surface area contributed by atoms with E-state index in [-0.39, 0.29) is 0 Å². The van der Waals surface area contributed by atoms with Crippen molar-refractivity contribution in [3.05, 3.63) is 35.9 Å². The van der Waals surface area contributed by atoms with Crippen LogP contribution in [0.15, 0.2) is 35.9 Å². The lowest BCUT2D eigenvalue weighted by atomic mass is 9.99. The minimum absolute atomic E-state index is 0.996. The predicted octanol–water partition coefficient (Wildman–Crippen LogP) is 2.71. The summed E-state index contributed by atoms with van der Waals surface area (Å²) >= 11 is 0. The fourth-order valence-corrected chi connectivity index (χ4v) is 1.65. The second kappa shape index (κ2) is 4.75. The van der Waals surface area contributed by atoms with E-state index in [4.69, 9.17) is 4.74 Å². The molecular weight excluding hydrogens is 162 g/mol. The Bertz CT molecular complexity index is 251. The molecule has 2 heteroatoms. The maximum absolute atomic E-state index is 5.30. The molecule has 1 rings (SSSR count). The minimum Gasteiger partial charge on any atom is -0.497 e. The highest BCUT2D eigenvalue weighted by Gasteiger charge is 2.13. The van der Waals surface area contributed by atoms with Crippen LogP contribution in [0.1, 0.15) is 26.2 Å². The summed E-state index contributed by atoms with van der Waals surface area (Å²) in [4.78, 5) is 0. The van der Waals surface area contributed by atoms with Crippen LogP contribution < -0.4 is 5.32 Å². The van der Waals surface area contributed by atoms with Crippen molar-refractivity contribution in [1.29, 1.82) is 0 Å². The van der Waals surface area contributed by atoms with Crippen LogP contribution in [0.3, 0.4) is 0 Å². The van der Waals surface area contributed by atoms with Crippen molar-refractivity contribution < 1.29 is 4.74 Å². The summed E-state index contributed by atoms with van der Waals surface area (Å²) < 4.78 is 5.30. The predicted molar refractivity (Wildman–Crippen MR) is 55.0 cm³/mol. The summed E-state index contributed by atoms with van der Waals surface area (Å²) in [7, 11) is 1.72. The summed E-state index contributed by atoms with van der Waals surface area (Å²) in [5.74, 6) is 1.01. The smallest absolute Gasteiger partial charge is 0.119 e. The van der Waals surface area contributed by atoms with Gasteiger partial charge in [-0.2, -0.15) is 0 Å². The fraction of sp³-hybridized carbons (Fsp3) is 0.455. The van der Waals surface area contributed by atoms with Crippen LogP contribution in [0.2, 0.25) is 0 Å². The van der Waals surface area contributed by atoms with E-state index in [9.17, 15) is 0 Å². The molecular formula is C11H17NO. The van der Waals surface area contributed by atoms with Crippen LogP contribution in [0.5, 0.6) is 0 Å². The molecule has 1 N–H and O–H groups in total. The zero-order chi connectivity index (χ0) is 9.68. The third-order valence-corrected chi connectivity index (χ3v) is 2.24. The van der Waals surface area contributed by atoms with E-state index >= 15 is 0 Å². The Balaban J connectivity index is 2.90. The normalized spacial score (nSPS) is 16.6. The number of rotatable bonds is 4. The van der Waals surface area contributed by atoms with Gasteiger partial charge in [-0.05, 0) is 31.5 Å². The van der Waals surface area contributed by atoms with Crippen molar-refractivity contribution in [2.75, 3.05) is 7.11 Å². The first-order valence-corrected chi connectivity index (χ1v) is 4.67. The molecule has 1 aliphatic rings. The van der Waals surface area contributed by atoms with Crippen LogP contribution in [0, 0.1) is 0 Å². The molecule has 72 valence electrons. The van der Waals surface area contributed by atoms with Gasteiger partial charge in [0, 0.05) is 11.3 Å². The molecule has 0 bridgehead atoms. The van der Waals surface area contributed by atoms with Crippen molar-refractivity contribution >= 4 is 0 Å². The van der Waals surface area contributed by atoms with E-state index in [1.165, 1.54) is 11.3 Å². The van der Waals surface area contributed by atoms with Crippen LogP contribution in [0.4, 0.5) is 0 Å². The Hall–Kier alpha value is -1.18. The Labute approximate surface area is 80.0 Å². The van der Waals surface area contributed by atoms with Gasteiger partial charge in [0.05, 0.1) is 7.11 Å². The molecule has 0 saturated heterocycles. The Morgan fingerprint density at radius 2 is 2.46 bits per heavy atom. The largest absolute Gasteiger partial charge is 0.497 e. The Morgan fingerprint density at radius 3 is 3.00 bits per heavy atom. The minimum atomic E-state index is 0.996. The van der Waals surface area contributed by atoms with Gasteiger partial charge in [-0.3, -0.25) is 0 Å². The van der Waals surface area contributed by atoms with E-state index in [2.05, 4.69) is 24.9 Å². The molecule has 0 amide bonds. The lowest BCUT2D eigenvalue weighted by molar-refractivity contribution is 0.293. The molecule has 0 aliphatic heterocycles. The van der Waals surface area contributed by atoms with E-state index in [0.717, 1.165) is 25.0 Å². The number of ether oxygens (including phenoxy) is 1. The molecule has 0 spiro atoms. The first-order valence-electron chi connectivity index (χ1n) is 4.67. The molecule has 0 saturated carbocycles. The molecule has 0 unspecified atom stereocenters. The molecule has 0 radical (unpaired) electrons. The quantitative estimate of drug-likeness (QED) is 0.716. The Morgan fingerprint density at radius 1 is 1.69 bits per heavy atom. The van der Waals surface area contributed by atoms with Crippen molar-refractivity contribution in [3.8, 4) is 0 Å². The summed E-state index contributed by atoms with van der Waals surface area (Å²) in [6.07, 6.45) is 6.97. The van der Waals surface area contributed by atoms with Crippen LogP contribution in [0.25, 0.3) is 0 Å². The first kappa shape index (κ1) is 9.90. The average Bonchev–Trinajstić information content (AvgIpc) is 2.18.